The van der Waals surface area contributed by atoms with Crippen LogP contribution in [0.4, 0.5) is 11.4 Å². The number of hydrogen-bond donors (Lipinski definition) is 1. The number of benzene rings is 1. The smallest absolute Gasteiger partial charge is 0.270 e. The zero-order valence-electron chi connectivity index (χ0n) is 11.6. The summed E-state index contributed by atoms with van der Waals surface area (Å²) in [6.07, 6.45) is 0.306. The van der Waals surface area contributed by atoms with E-state index in [1.54, 1.807) is 6.07 Å². The molecule has 2 unspecified atom stereocenters. The molecule has 1 aliphatic heterocycles. The van der Waals surface area contributed by atoms with Crippen molar-refractivity contribution >= 4 is 17.2 Å². The molecule has 0 bridgehead atoms. The zero-order chi connectivity index (χ0) is 14.9. The molecule has 0 amide bonds. The van der Waals surface area contributed by atoms with Gasteiger partial charge in [-0.05, 0) is 25.3 Å². The second-order valence-electron chi connectivity index (χ2n) is 5.29. The maximum Gasteiger partial charge on any atom is 0.270 e. The number of nitrogens with zero attached hydrogens (tertiary/aromatic N) is 2. The van der Waals surface area contributed by atoms with Gasteiger partial charge in [-0.15, -0.1) is 0 Å². The molecule has 1 heterocycles. The van der Waals surface area contributed by atoms with Gasteiger partial charge in [0.2, 0.25) is 0 Å². The minimum atomic E-state index is -0.501. The van der Waals surface area contributed by atoms with Gasteiger partial charge < -0.3 is 10.0 Å². The van der Waals surface area contributed by atoms with E-state index < -0.39 is 4.92 Å². The highest BCUT2D eigenvalue weighted by atomic mass is 16.6. The molecule has 1 N–H and O–H groups in total. The van der Waals surface area contributed by atoms with Crippen molar-refractivity contribution in [2.75, 3.05) is 18.0 Å². The number of piperidine rings is 1. The Kier molecular flexibility index (Phi) is 4.04. The van der Waals surface area contributed by atoms with E-state index in [0.29, 0.717) is 30.8 Å². The summed E-state index contributed by atoms with van der Waals surface area (Å²) in [5.74, 6) is -0.0822. The van der Waals surface area contributed by atoms with Crippen LogP contribution in [0.5, 0.6) is 0 Å². The normalized spacial score (nSPS) is 22.6. The number of hydrogen-bond acceptors (Lipinski definition) is 5. The number of non-ortho nitro benzene ring substituents is 1. The Bertz CT molecular complexity index is 544. The number of carbonyl (C=O) groups excluding carboxylic acids is 1. The first kappa shape index (κ1) is 14.5. The first-order chi connectivity index (χ1) is 9.40. The monoisotopic (exact) mass is 278 g/mol. The third-order valence-corrected chi connectivity index (χ3v) is 3.77. The number of rotatable bonds is 3. The average molecular weight is 278 g/mol. The SMILES string of the molecule is CC(=O)c1cc([N+](=O)[O-])ccc1N1CCC(O)C(C)C1. The summed E-state index contributed by atoms with van der Waals surface area (Å²) in [5, 5.41) is 20.6. The summed E-state index contributed by atoms with van der Waals surface area (Å²) in [4.78, 5) is 24.0. The van der Waals surface area contributed by atoms with E-state index in [9.17, 15) is 20.0 Å². The number of aliphatic hydroxyl groups is 1. The highest BCUT2D eigenvalue weighted by molar-refractivity contribution is 6.00. The maximum absolute atomic E-state index is 11.7. The third kappa shape index (κ3) is 2.80. The van der Waals surface area contributed by atoms with E-state index in [2.05, 4.69) is 0 Å². The first-order valence-corrected chi connectivity index (χ1v) is 6.62. The minimum absolute atomic E-state index is 0.0796. The highest BCUT2D eigenvalue weighted by Gasteiger charge is 2.27. The molecule has 1 fully saturated rings. The van der Waals surface area contributed by atoms with Gasteiger partial charge in [-0.2, -0.15) is 0 Å². The molecule has 0 spiro atoms. The molecule has 108 valence electrons. The number of carbonyl (C=O) groups is 1. The molecular weight excluding hydrogens is 260 g/mol. The van der Waals surface area contributed by atoms with E-state index in [0.717, 1.165) is 0 Å². The topological polar surface area (TPSA) is 83.7 Å². The summed E-state index contributed by atoms with van der Waals surface area (Å²) < 4.78 is 0. The maximum atomic E-state index is 11.7. The van der Waals surface area contributed by atoms with Gasteiger partial charge in [0, 0.05) is 36.5 Å². The molecular formula is C14H18N2O4. The van der Waals surface area contributed by atoms with Crippen LogP contribution in [0.1, 0.15) is 30.6 Å². The second-order valence-corrected chi connectivity index (χ2v) is 5.29. The van der Waals surface area contributed by atoms with E-state index >= 15 is 0 Å². The number of nitro benzene ring substituents is 1. The number of anilines is 1. The van der Waals surface area contributed by atoms with E-state index in [4.69, 9.17) is 0 Å². The van der Waals surface area contributed by atoms with Crippen LogP contribution < -0.4 is 4.90 Å². The molecule has 2 rings (SSSR count). The van der Waals surface area contributed by atoms with Crippen LogP contribution in [0.25, 0.3) is 0 Å². The molecule has 1 aromatic rings. The van der Waals surface area contributed by atoms with Gasteiger partial charge >= 0.3 is 0 Å². The Hall–Kier alpha value is -1.95. The van der Waals surface area contributed by atoms with Crippen LogP contribution in [-0.4, -0.2) is 35.0 Å². The average Bonchev–Trinajstić information content (AvgIpc) is 2.41. The summed E-state index contributed by atoms with van der Waals surface area (Å²) in [5.41, 5.74) is 0.994. The predicted octanol–water partition coefficient (Wildman–Crippen LogP) is 2.00. The summed E-state index contributed by atoms with van der Waals surface area (Å²) in [7, 11) is 0. The fourth-order valence-corrected chi connectivity index (χ4v) is 2.55. The van der Waals surface area contributed by atoms with Gasteiger partial charge in [0.15, 0.2) is 5.78 Å². The lowest BCUT2D eigenvalue weighted by atomic mass is 9.95. The van der Waals surface area contributed by atoms with Gasteiger partial charge in [0.25, 0.3) is 5.69 Å². The Balaban J connectivity index is 2.36. The van der Waals surface area contributed by atoms with Crippen molar-refractivity contribution in [3.63, 3.8) is 0 Å². The van der Waals surface area contributed by atoms with Gasteiger partial charge in [0.05, 0.1) is 11.0 Å². The van der Waals surface area contributed by atoms with Crippen LogP contribution in [0.3, 0.4) is 0 Å². The highest BCUT2D eigenvalue weighted by Crippen LogP contribution is 2.29. The second kappa shape index (κ2) is 5.58. The molecule has 0 saturated carbocycles. The third-order valence-electron chi connectivity index (χ3n) is 3.77. The molecule has 0 aliphatic carbocycles. The lowest BCUT2D eigenvalue weighted by Gasteiger charge is -2.36. The molecule has 2 atom stereocenters. The molecule has 0 radical (unpaired) electrons. The van der Waals surface area contributed by atoms with E-state index in [1.807, 2.05) is 11.8 Å². The number of Topliss-reactive ketones (excluding diaryl/α,β-unsaturated/α-hetero) is 1. The molecule has 6 heteroatoms. The Morgan fingerprint density at radius 3 is 2.75 bits per heavy atom. The molecule has 1 aliphatic rings. The first-order valence-electron chi connectivity index (χ1n) is 6.62. The van der Waals surface area contributed by atoms with Crippen LogP contribution in [-0.2, 0) is 0 Å². The van der Waals surface area contributed by atoms with Crippen molar-refractivity contribution < 1.29 is 14.8 Å². The van der Waals surface area contributed by atoms with Crippen LogP contribution in [0.15, 0.2) is 18.2 Å². The molecule has 20 heavy (non-hydrogen) atoms. The standard InChI is InChI=1S/C14H18N2O4/c1-9-8-15(6-5-14(9)18)13-4-3-11(16(19)20)7-12(13)10(2)17/h3-4,7,9,14,18H,5-6,8H2,1-2H3. The van der Waals surface area contributed by atoms with Crippen molar-refractivity contribution in [2.45, 2.75) is 26.4 Å². The van der Waals surface area contributed by atoms with Gasteiger partial charge in [-0.3, -0.25) is 14.9 Å². The van der Waals surface area contributed by atoms with Gasteiger partial charge in [-0.1, -0.05) is 6.92 Å². The van der Waals surface area contributed by atoms with Gasteiger partial charge in [-0.25, -0.2) is 0 Å². The van der Waals surface area contributed by atoms with Gasteiger partial charge in [0.1, 0.15) is 0 Å². The Morgan fingerprint density at radius 1 is 1.50 bits per heavy atom. The van der Waals surface area contributed by atoms with Crippen molar-refractivity contribution in [2.24, 2.45) is 5.92 Å². The van der Waals surface area contributed by atoms with E-state index in [-0.39, 0.29) is 23.5 Å². The quantitative estimate of drug-likeness (QED) is 0.519. The van der Waals surface area contributed by atoms with Crippen molar-refractivity contribution in [3.05, 3.63) is 33.9 Å². The van der Waals surface area contributed by atoms with Crippen LogP contribution in [0.2, 0.25) is 0 Å². The Morgan fingerprint density at radius 2 is 2.20 bits per heavy atom. The largest absolute Gasteiger partial charge is 0.393 e. The predicted molar refractivity (Wildman–Crippen MR) is 75.1 cm³/mol. The van der Waals surface area contributed by atoms with Crippen LogP contribution >= 0.6 is 0 Å². The summed E-state index contributed by atoms with van der Waals surface area (Å²) in [6.45, 7) is 4.64. The number of nitro groups is 1. The fraction of sp³-hybridized carbons (Fsp3) is 0.500. The van der Waals surface area contributed by atoms with Crippen molar-refractivity contribution in [3.8, 4) is 0 Å². The molecule has 1 aromatic carbocycles. The lowest BCUT2D eigenvalue weighted by molar-refractivity contribution is -0.384. The Labute approximate surface area is 117 Å². The fourth-order valence-electron chi connectivity index (χ4n) is 2.55. The number of ketones is 1. The van der Waals surface area contributed by atoms with E-state index in [1.165, 1.54) is 19.1 Å². The minimum Gasteiger partial charge on any atom is -0.393 e. The molecule has 6 nitrogen and oxygen atoms in total. The lowest BCUT2D eigenvalue weighted by Crippen LogP contribution is -2.42. The summed E-state index contributed by atoms with van der Waals surface area (Å²) >= 11 is 0. The zero-order valence-corrected chi connectivity index (χ0v) is 11.6. The van der Waals surface area contributed by atoms with Crippen molar-refractivity contribution in [1.29, 1.82) is 0 Å². The summed E-state index contributed by atoms with van der Waals surface area (Å²) in [6, 6.07) is 4.37. The molecule has 0 aromatic heterocycles. The number of aliphatic hydroxyl groups excluding tert-OH is 1. The molecule has 1 saturated heterocycles. The van der Waals surface area contributed by atoms with Crippen molar-refractivity contribution in [1.82, 2.24) is 0 Å². The van der Waals surface area contributed by atoms with Crippen LogP contribution in [0, 0.1) is 16.0 Å².